The van der Waals surface area contributed by atoms with Crippen LogP contribution in [0, 0.1) is 0 Å². The van der Waals surface area contributed by atoms with Gasteiger partial charge in [-0.25, -0.2) is 0 Å². The average Bonchev–Trinajstić information content (AvgIpc) is 3.41. The van der Waals surface area contributed by atoms with Crippen LogP contribution in [0.3, 0.4) is 0 Å². The molecule has 2 amide bonds. The summed E-state index contributed by atoms with van der Waals surface area (Å²) in [5.74, 6) is -0.0178. The lowest BCUT2D eigenvalue weighted by Crippen LogP contribution is -2.44. The number of para-hydroxylation sites is 1. The van der Waals surface area contributed by atoms with Gasteiger partial charge in [0.1, 0.15) is 12.3 Å². The first-order valence-electron chi connectivity index (χ1n) is 13.6. The first-order valence-corrected chi connectivity index (χ1v) is 13.6. The summed E-state index contributed by atoms with van der Waals surface area (Å²) in [6.07, 6.45) is -1.50. The second-order valence-electron chi connectivity index (χ2n) is 9.92. The number of rotatable bonds is 13. The molecule has 0 saturated heterocycles. The number of benzene rings is 3. The first kappa shape index (κ1) is 30.6. The molecule has 0 radical (unpaired) electrons. The monoisotopic (exact) mass is 581 g/mol. The molecule has 0 saturated carbocycles. The molecule has 0 aliphatic heterocycles. The number of hydrogen-bond donors (Lipinski definition) is 1. The van der Waals surface area contributed by atoms with E-state index in [0.717, 1.165) is 28.6 Å². The van der Waals surface area contributed by atoms with E-state index in [1.165, 1.54) is 24.1 Å². The Kier molecular flexibility index (Phi) is 10.2. The second-order valence-corrected chi connectivity index (χ2v) is 9.92. The summed E-state index contributed by atoms with van der Waals surface area (Å²) in [5, 5.41) is 1.04. The predicted molar refractivity (Wildman–Crippen MR) is 154 cm³/mol. The van der Waals surface area contributed by atoms with Crippen molar-refractivity contribution in [1.82, 2.24) is 14.8 Å². The van der Waals surface area contributed by atoms with Crippen molar-refractivity contribution in [2.24, 2.45) is 0 Å². The maximum absolute atomic E-state index is 13.8. The third-order valence-electron chi connectivity index (χ3n) is 7.06. The van der Waals surface area contributed by atoms with E-state index >= 15 is 0 Å². The number of nitrogens with zero attached hydrogens (tertiary/aromatic N) is 2. The highest BCUT2D eigenvalue weighted by Gasteiger charge is 2.30. The highest BCUT2D eigenvalue weighted by molar-refractivity contribution is 5.96. The number of nitrogens with one attached hydrogen (secondary N) is 1. The maximum atomic E-state index is 13.8. The third-order valence-corrected chi connectivity index (χ3v) is 7.06. The number of hydrogen-bond acceptors (Lipinski definition) is 4. The molecule has 1 heterocycles. The SMILES string of the molecule is COCCCN(CC(=O)N(CCc1c[nH]c2ccccc12)Cc1ccc(C(F)(F)F)cc1)C(=O)c1ccc(OC)cc1. The van der Waals surface area contributed by atoms with Crippen LogP contribution in [0.2, 0.25) is 0 Å². The number of aromatic nitrogens is 1. The van der Waals surface area contributed by atoms with Crippen LogP contribution in [0.25, 0.3) is 10.9 Å². The van der Waals surface area contributed by atoms with Crippen molar-refractivity contribution in [2.45, 2.75) is 25.6 Å². The summed E-state index contributed by atoms with van der Waals surface area (Å²) in [4.78, 5) is 33.5. The molecule has 1 aromatic heterocycles. The molecule has 3 aromatic carbocycles. The summed E-state index contributed by atoms with van der Waals surface area (Å²) in [6.45, 7) is 0.923. The minimum atomic E-state index is -4.45. The zero-order valence-corrected chi connectivity index (χ0v) is 23.6. The molecule has 0 aliphatic carbocycles. The van der Waals surface area contributed by atoms with Crippen LogP contribution >= 0.6 is 0 Å². The van der Waals surface area contributed by atoms with Crippen molar-refractivity contribution in [2.75, 3.05) is 40.5 Å². The highest BCUT2D eigenvalue weighted by Crippen LogP contribution is 2.29. The van der Waals surface area contributed by atoms with Crippen LogP contribution < -0.4 is 4.74 Å². The van der Waals surface area contributed by atoms with E-state index in [4.69, 9.17) is 9.47 Å². The van der Waals surface area contributed by atoms with Crippen LogP contribution in [-0.2, 0) is 28.7 Å². The van der Waals surface area contributed by atoms with E-state index in [2.05, 4.69) is 4.98 Å². The summed E-state index contributed by atoms with van der Waals surface area (Å²) in [7, 11) is 3.10. The lowest BCUT2D eigenvalue weighted by Gasteiger charge is -2.28. The molecular formula is C32H34F3N3O4. The minimum absolute atomic E-state index is 0.0992. The number of ether oxygens (including phenoxy) is 2. The predicted octanol–water partition coefficient (Wildman–Crippen LogP) is 5.95. The van der Waals surface area contributed by atoms with Crippen molar-refractivity contribution in [1.29, 1.82) is 0 Å². The molecule has 0 aliphatic rings. The zero-order chi connectivity index (χ0) is 30.1. The average molecular weight is 582 g/mol. The molecule has 0 fully saturated rings. The van der Waals surface area contributed by atoms with Crippen molar-refractivity contribution in [3.8, 4) is 5.75 Å². The standard InChI is InChI=1S/C32H34F3N3O4/c1-41-19-5-17-38(31(40)24-10-14-27(42-2)15-11-24)22-30(39)37(21-23-8-12-26(13-9-23)32(33,34)35)18-16-25-20-36-29-7-4-3-6-28(25)29/h3-4,6-15,20,36H,5,16-19,21-22H2,1-2H3. The molecular weight excluding hydrogens is 547 g/mol. The molecule has 0 bridgehead atoms. The molecule has 222 valence electrons. The lowest BCUT2D eigenvalue weighted by molar-refractivity contribution is -0.137. The fourth-order valence-electron chi connectivity index (χ4n) is 4.74. The Morgan fingerprint density at radius 3 is 2.26 bits per heavy atom. The normalized spacial score (nSPS) is 11.5. The number of methoxy groups -OCH3 is 2. The molecule has 4 rings (SSSR count). The van der Waals surface area contributed by atoms with E-state index < -0.39 is 11.7 Å². The Morgan fingerprint density at radius 1 is 0.881 bits per heavy atom. The molecule has 0 atom stereocenters. The molecule has 42 heavy (non-hydrogen) atoms. The largest absolute Gasteiger partial charge is 0.497 e. The number of aromatic amines is 1. The number of carbonyl (C=O) groups excluding carboxylic acids is 2. The third kappa shape index (κ3) is 7.91. The topological polar surface area (TPSA) is 74.9 Å². The molecule has 0 unspecified atom stereocenters. The number of fused-ring (bicyclic) bond motifs is 1. The zero-order valence-electron chi connectivity index (χ0n) is 23.6. The van der Waals surface area contributed by atoms with Gasteiger partial charge in [-0.2, -0.15) is 13.2 Å². The smallest absolute Gasteiger partial charge is 0.416 e. The summed E-state index contributed by atoms with van der Waals surface area (Å²) in [6, 6.07) is 19.3. The van der Waals surface area contributed by atoms with Crippen molar-refractivity contribution in [3.05, 3.63) is 101 Å². The van der Waals surface area contributed by atoms with Crippen LogP contribution in [-0.4, -0.2) is 67.1 Å². The fourth-order valence-corrected chi connectivity index (χ4v) is 4.74. The van der Waals surface area contributed by atoms with Crippen molar-refractivity contribution < 1.29 is 32.2 Å². The summed E-state index contributed by atoms with van der Waals surface area (Å²) in [5.41, 5.74) is 2.21. The van der Waals surface area contributed by atoms with Gasteiger partial charge in [0.05, 0.1) is 12.7 Å². The van der Waals surface area contributed by atoms with Crippen LogP contribution in [0.5, 0.6) is 5.75 Å². The second kappa shape index (κ2) is 14.0. The van der Waals surface area contributed by atoms with Gasteiger partial charge >= 0.3 is 6.18 Å². The Hall–Kier alpha value is -4.31. The van der Waals surface area contributed by atoms with E-state index in [0.29, 0.717) is 49.4 Å². The fraction of sp³-hybridized carbons (Fsp3) is 0.312. The van der Waals surface area contributed by atoms with Crippen molar-refractivity contribution >= 4 is 22.7 Å². The van der Waals surface area contributed by atoms with Crippen LogP contribution in [0.4, 0.5) is 13.2 Å². The molecule has 7 nitrogen and oxygen atoms in total. The molecule has 10 heteroatoms. The molecule has 1 N–H and O–H groups in total. The molecule has 0 spiro atoms. The number of amides is 2. The van der Waals surface area contributed by atoms with Gasteiger partial charge in [-0.3, -0.25) is 9.59 Å². The maximum Gasteiger partial charge on any atom is 0.416 e. The summed E-state index contributed by atoms with van der Waals surface area (Å²) < 4.78 is 49.7. The van der Waals surface area contributed by atoms with Gasteiger partial charge in [0, 0.05) is 56.0 Å². The Labute approximate surface area is 242 Å². The quantitative estimate of drug-likeness (QED) is 0.198. The molecule has 4 aromatic rings. The van der Waals surface area contributed by atoms with Gasteiger partial charge in [0.15, 0.2) is 0 Å². The Morgan fingerprint density at radius 2 is 1.60 bits per heavy atom. The van der Waals surface area contributed by atoms with Crippen LogP contribution in [0.15, 0.2) is 79.0 Å². The Bertz CT molecular complexity index is 1470. The van der Waals surface area contributed by atoms with Gasteiger partial charge in [0.2, 0.25) is 5.91 Å². The Balaban J connectivity index is 1.56. The number of H-pyrrole nitrogens is 1. The van der Waals surface area contributed by atoms with Gasteiger partial charge in [-0.05, 0) is 66.4 Å². The van der Waals surface area contributed by atoms with Gasteiger partial charge in [-0.15, -0.1) is 0 Å². The van der Waals surface area contributed by atoms with E-state index in [-0.39, 0.29) is 24.9 Å². The van der Waals surface area contributed by atoms with Crippen LogP contribution in [0.1, 0.15) is 33.5 Å². The summed E-state index contributed by atoms with van der Waals surface area (Å²) >= 11 is 0. The van der Waals surface area contributed by atoms with E-state index in [1.807, 2.05) is 30.5 Å². The van der Waals surface area contributed by atoms with Gasteiger partial charge < -0.3 is 24.3 Å². The first-order chi connectivity index (χ1) is 20.2. The van der Waals surface area contributed by atoms with Gasteiger partial charge in [0.25, 0.3) is 5.91 Å². The number of alkyl halides is 3. The van der Waals surface area contributed by atoms with E-state index in [9.17, 15) is 22.8 Å². The number of halogens is 3. The lowest BCUT2D eigenvalue weighted by atomic mass is 10.1. The number of carbonyl (C=O) groups is 2. The van der Waals surface area contributed by atoms with E-state index in [1.54, 1.807) is 36.3 Å². The highest BCUT2D eigenvalue weighted by atomic mass is 19.4. The minimum Gasteiger partial charge on any atom is -0.497 e. The van der Waals surface area contributed by atoms with Crippen molar-refractivity contribution in [3.63, 3.8) is 0 Å². The van der Waals surface area contributed by atoms with Gasteiger partial charge in [-0.1, -0.05) is 30.3 Å².